The number of nitrogens with two attached hydrogens (primary N) is 1. The van der Waals surface area contributed by atoms with E-state index in [4.69, 9.17) is 19.9 Å². The van der Waals surface area contributed by atoms with Crippen molar-refractivity contribution < 1.29 is 19.0 Å². The van der Waals surface area contributed by atoms with Crippen LogP contribution in [0.25, 0.3) is 0 Å². The number of halogens is 1. The van der Waals surface area contributed by atoms with Gasteiger partial charge in [-0.05, 0) is 25.6 Å². The number of nitrogens with zero attached hydrogens (tertiary/aromatic N) is 5. The highest BCUT2D eigenvalue weighted by Crippen LogP contribution is 2.40. The quantitative estimate of drug-likeness (QED) is 0.375. The molecule has 0 saturated carbocycles. The molecule has 168 valence electrons. The fraction of sp³-hybridized carbons (Fsp3) is 0.500. The van der Waals surface area contributed by atoms with Gasteiger partial charge in [-0.25, -0.2) is 9.97 Å². The van der Waals surface area contributed by atoms with Crippen molar-refractivity contribution in [3.8, 4) is 11.8 Å². The predicted octanol–water partition coefficient (Wildman–Crippen LogP) is 1.97. The van der Waals surface area contributed by atoms with Crippen LogP contribution in [0.2, 0.25) is 0 Å². The Bertz CT molecular complexity index is 887. The molecule has 31 heavy (non-hydrogen) atoms. The van der Waals surface area contributed by atoms with E-state index >= 15 is 0 Å². The number of rotatable bonds is 9. The number of anilines is 3. The first-order chi connectivity index (χ1) is 15.0. The number of amides is 1. The molecule has 11 nitrogen and oxygen atoms in total. The molecule has 2 aromatic heterocycles. The summed E-state index contributed by atoms with van der Waals surface area (Å²) in [4.78, 5) is 32.1. The molecular weight excluding hydrogens is 490 g/mol. The summed E-state index contributed by atoms with van der Waals surface area (Å²) in [6.45, 7) is 7.12. The van der Waals surface area contributed by atoms with Crippen LogP contribution in [0, 0.1) is 0 Å². The van der Waals surface area contributed by atoms with E-state index < -0.39 is 0 Å². The van der Waals surface area contributed by atoms with Gasteiger partial charge in [-0.2, -0.15) is 9.97 Å². The van der Waals surface area contributed by atoms with E-state index in [-0.39, 0.29) is 17.1 Å². The van der Waals surface area contributed by atoms with Crippen LogP contribution in [0.15, 0.2) is 16.1 Å². The van der Waals surface area contributed by atoms with E-state index in [1.807, 2.05) is 18.7 Å². The Morgan fingerprint density at radius 2 is 1.84 bits per heavy atom. The second-order valence-corrected chi connectivity index (χ2v) is 7.71. The lowest BCUT2D eigenvalue weighted by Gasteiger charge is -2.27. The van der Waals surface area contributed by atoms with Crippen molar-refractivity contribution in [1.82, 2.24) is 19.9 Å². The maximum Gasteiger partial charge on any atom is 0.236 e. The Labute approximate surface area is 192 Å². The smallest absolute Gasteiger partial charge is 0.236 e. The number of morpholine rings is 1. The van der Waals surface area contributed by atoms with Crippen molar-refractivity contribution in [1.29, 1.82) is 0 Å². The second-order valence-electron chi connectivity index (χ2n) is 6.17. The molecule has 1 aliphatic rings. The van der Waals surface area contributed by atoms with Crippen molar-refractivity contribution in [3.05, 3.63) is 6.07 Å². The van der Waals surface area contributed by atoms with E-state index in [1.54, 1.807) is 0 Å². The highest BCUT2D eigenvalue weighted by atomic mass is 79.9. The molecule has 1 aliphatic heterocycles. The van der Waals surface area contributed by atoms with Crippen molar-refractivity contribution in [3.63, 3.8) is 0 Å². The average Bonchev–Trinajstić information content (AvgIpc) is 2.76. The number of alkyl halides is 1. The van der Waals surface area contributed by atoms with Gasteiger partial charge in [0.05, 0.1) is 31.8 Å². The summed E-state index contributed by atoms with van der Waals surface area (Å²) >= 11 is 4.26. The monoisotopic (exact) mass is 513 g/mol. The number of nitrogens with one attached hydrogen (secondary N) is 1. The highest BCUT2D eigenvalue weighted by molar-refractivity contribution is 9.09. The Kier molecular flexibility index (Phi) is 8.49. The maximum atomic E-state index is 11.7. The fourth-order valence-corrected chi connectivity index (χ4v) is 3.68. The number of hydrogen-bond donors (Lipinski definition) is 2. The third-order valence-corrected chi connectivity index (χ3v) is 5.38. The summed E-state index contributed by atoms with van der Waals surface area (Å²) < 4.78 is 17.0. The Morgan fingerprint density at radius 3 is 2.42 bits per heavy atom. The second kappa shape index (κ2) is 11.3. The molecule has 3 heterocycles. The molecule has 1 amide bonds. The molecule has 0 aromatic carbocycles. The van der Waals surface area contributed by atoms with Gasteiger partial charge in [0.2, 0.25) is 23.6 Å². The molecule has 0 unspecified atom stereocenters. The third kappa shape index (κ3) is 6.31. The molecule has 3 N–H and O–H groups in total. The van der Waals surface area contributed by atoms with Gasteiger partial charge in [-0.1, -0.05) is 15.9 Å². The molecule has 13 heteroatoms. The van der Waals surface area contributed by atoms with Gasteiger partial charge in [0, 0.05) is 19.2 Å². The van der Waals surface area contributed by atoms with Gasteiger partial charge in [-0.15, -0.1) is 0 Å². The van der Waals surface area contributed by atoms with E-state index in [0.29, 0.717) is 73.1 Å². The number of hydrogen-bond acceptors (Lipinski definition) is 11. The zero-order valence-corrected chi connectivity index (χ0v) is 19.7. The summed E-state index contributed by atoms with van der Waals surface area (Å²) in [5.41, 5.74) is 5.91. The lowest BCUT2D eigenvalue weighted by atomic mass is 10.4. The minimum absolute atomic E-state index is 0.138. The average molecular weight is 514 g/mol. The normalized spacial score (nSPS) is 13.7. The molecule has 0 spiro atoms. The van der Waals surface area contributed by atoms with Gasteiger partial charge in [0.25, 0.3) is 0 Å². The molecule has 0 bridgehead atoms. The summed E-state index contributed by atoms with van der Waals surface area (Å²) in [7, 11) is 0. The van der Waals surface area contributed by atoms with Gasteiger partial charge in [0.1, 0.15) is 16.5 Å². The van der Waals surface area contributed by atoms with E-state index in [2.05, 4.69) is 41.2 Å². The summed E-state index contributed by atoms with van der Waals surface area (Å²) in [6.07, 6.45) is 0. The fourth-order valence-electron chi connectivity index (χ4n) is 2.68. The molecule has 0 aliphatic carbocycles. The minimum atomic E-state index is -0.253. The molecule has 1 saturated heterocycles. The first-order valence-corrected chi connectivity index (χ1v) is 11.7. The number of carbonyl (C=O) groups is 1. The van der Waals surface area contributed by atoms with Gasteiger partial charge in [-0.3, -0.25) is 4.79 Å². The van der Waals surface area contributed by atoms with Crippen LogP contribution in [0.1, 0.15) is 13.8 Å². The summed E-state index contributed by atoms with van der Waals surface area (Å²) in [5.74, 6) is 1.50. The summed E-state index contributed by atoms with van der Waals surface area (Å²) in [5, 5.41) is 3.09. The van der Waals surface area contributed by atoms with Crippen molar-refractivity contribution in [2.75, 3.05) is 60.8 Å². The first-order valence-electron chi connectivity index (χ1n) is 9.72. The molecule has 0 atom stereocenters. The van der Waals surface area contributed by atoms with Crippen LogP contribution >= 0.6 is 27.7 Å². The van der Waals surface area contributed by atoms with Crippen molar-refractivity contribution in [2.45, 2.75) is 23.9 Å². The predicted molar refractivity (Wildman–Crippen MR) is 120 cm³/mol. The van der Waals surface area contributed by atoms with Crippen LogP contribution in [0.4, 0.5) is 17.6 Å². The highest BCUT2D eigenvalue weighted by Gasteiger charge is 2.23. The third-order valence-electron chi connectivity index (χ3n) is 3.96. The Hall–Kier alpha value is -2.38. The van der Waals surface area contributed by atoms with Crippen LogP contribution in [-0.4, -0.2) is 70.7 Å². The van der Waals surface area contributed by atoms with Crippen LogP contribution in [0.5, 0.6) is 11.8 Å². The topological polar surface area (TPSA) is 138 Å². The van der Waals surface area contributed by atoms with E-state index in [9.17, 15) is 4.79 Å². The number of carbonyl (C=O) groups excluding carboxylic acids is 1. The zero-order chi connectivity index (χ0) is 22.2. The molecule has 1 fully saturated rings. The lowest BCUT2D eigenvalue weighted by Crippen LogP contribution is -2.37. The van der Waals surface area contributed by atoms with E-state index in [1.165, 1.54) is 6.07 Å². The molecule has 2 aromatic rings. The van der Waals surface area contributed by atoms with E-state index in [0.717, 1.165) is 11.8 Å². The zero-order valence-electron chi connectivity index (χ0n) is 17.3. The first kappa shape index (κ1) is 23.3. The number of ether oxygens (including phenoxy) is 3. The molecular formula is C18H24BrN7O4S. The van der Waals surface area contributed by atoms with Gasteiger partial charge in [0.15, 0.2) is 5.16 Å². The maximum absolute atomic E-state index is 11.7. The SMILES string of the molecule is CCOc1nc(N2CCOCC2)nc(OCC)c1Sc1nc(N)cc(NC(=O)CBr)n1. The van der Waals surface area contributed by atoms with Crippen LogP contribution in [0.3, 0.4) is 0 Å². The number of aromatic nitrogens is 4. The lowest BCUT2D eigenvalue weighted by molar-refractivity contribution is -0.113. The Balaban J connectivity index is 1.97. The van der Waals surface area contributed by atoms with Crippen molar-refractivity contribution in [2.24, 2.45) is 0 Å². The van der Waals surface area contributed by atoms with Crippen LogP contribution < -0.4 is 25.4 Å². The van der Waals surface area contributed by atoms with Crippen LogP contribution in [-0.2, 0) is 9.53 Å². The van der Waals surface area contributed by atoms with Gasteiger partial charge < -0.3 is 30.2 Å². The van der Waals surface area contributed by atoms with Crippen molar-refractivity contribution >= 4 is 51.2 Å². The molecule has 3 rings (SSSR count). The standard InChI is InChI=1S/C18H24BrN7O4S/c1-3-29-15-14(31-18-21-11(20)9-12(23-18)22-13(27)10-19)16(30-4-2)25-17(24-15)26-5-7-28-8-6-26/h9H,3-8,10H2,1-2H3,(H3,20,21,22,23,27). The van der Waals surface area contributed by atoms with Gasteiger partial charge >= 0.3 is 0 Å². The molecule has 0 radical (unpaired) electrons. The Morgan fingerprint density at radius 1 is 1.19 bits per heavy atom. The minimum Gasteiger partial charge on any atom is -0.477 e. The summed E-state index contributed by atoms with van der Waals surface area (Å²) in [6, 6.07) is 1.48. The number of nitrogen functional groups attached to an aromatic ring is 1. The largest absolute Gasteiger partial charge is 0.477 e.